The van der Waals surface area contributed by atoms with E-state index in [1.165, 1.54) is 26.9 Å². The molecule has 0 aliphatic rings. The van der Waals surface area contributed by atoms with Gasteiger partial charge in [0.15, 0.2) is 0 Å². The minimum absolute atomic E-state index is 0. The van der Waals surface area contributed by atoms with Crippen LogP contribution in [0.1, 0.15) is 1.43 Å². The molecule has 0 unspecified atom stereocenters. The number of benzene rings is 4. The van der Waals surface area contributed by atoms with E-state index in [1.807, 2.05) is 12.1 Å². The molecule has 4 aromatic carbocycles. The molecule has 0 nitrogen and oxygen atoms in total. The van der Waals surface area contributed by atoms with Gasteiger partial charge in [-0.25, -0.2) is 0 Å². The summed E-state index contributed by atoms with van der Waals surface area (Å²) in [6, 6.07) is 23.3. The van der Waals surface area contributed by atoms with Crippen LogP contribution in [0.5, 0.6) is 0 Å². The van der Waals surface area contributed by atoms with Crippen LogP contribution in [0.3, 0.4) is 0 Å². The summed E-state index contributed by atoms with van der Waals surface area (Å²) in [6.45, 7) is 0. The first-order valence-electron chi connectivity index (χ1n) is 6.43. The van der Waals surface area contributed by atoms with E-state index in [0.29, 0.717) is 0 Å². The summed E-state index contributed by atoms with van der Waals surface area (Å²) in [6.07, 6.45) is 0. The number of fused-ring (bicyclic) bond motifs is 4. The van der Waals surface area contributed by atoms with Crippen molar-refractivity contribution in [2.45, 2.75) is 0 Å². The van der Waals surface area contributed by atoms with Gasteiger partial charge in [0, 0.05) is 0 Å². The maximum absolute atomic E-state index is 6.17. The Bertz CT molecular complexity index is 934. The van der Waals surface area contributed by atoms with E-state index in [1.54, 1.807) is 0 Å². The van der Waals surface area contributed by atoms with Gasteiger partial charge in [-0.1, -0.05) is 60.1 Å². The van der Waals surface area contributed by atoms with E-state index >= 15 is 0 Å². The summed E-state index contributed by atoms with van der Waals surface area (Å²) in [5.41, 5.74) is 0.846. The van der Waals surface area contributed by atoms with Gasteiger partial charge >= 0.3 is 51.4 Å². The van der Waals surface area contributed by atoms with Gasteiger partial charge in [-0.05, 0) is 44.5 Å². The maximum atomic E-state index is 6.17. The van der Waals surface area contributed by atoms with E-state index in [9.17, 15) is 0 Å². The van der Waals surface area contributed by atoms with Crippen LogP contribution in [0.2, 0.25) is 0 Å². The maximum Gasteiger partial charge on any atom is 1.00 e. The van der Waals surface area contributed by atoms with Crippen molar-refractivity contribution in [2.75, 3.05) is 0 Å². The van der Waals surface area contributed by atoms with Crippen LogP contribution in [0, 0.1) is 0 Å². The minimum atomic E-state index is 0. The van der Waals surface area contributed by atoms with E-state index < -0.39 is 0 Å². The van der Waals surface area contributed by atoms with Crippen molar-refractivity contribution in [3.8, 4) is 0 Å². The molecular weight excluding hydrogens is 266 g/mol. The van der Waals surface area contributed by atoms with Gasteiger partial charge in [0.1, 0.15) is 7.85 Å². The molecule has 4 aromatic rings. The zero-order chi connectivity index (χ0) is 12.8. The quantitative estimate of drug-likeness (QED) is 0.256. The Balaban J connectivity index is 0.000000807. The smallest absolute Gasteiger partial charge is 1.00 e. The summed E-state index contributed by atoms with van der Waals surface area (Å²) >= 11 is 0. The Labute approximate surface area is 163 Å². The van der Waals surface area contributed by atoms with Crippen molar-refractivity contribution in [1.82, 2.24) is 0 Å². The van der Waals surface area contributed by atoms with Crippen LogP contribution in [0.25, 0.3) is 32.3 Å². The molecule has 88 valence electrons. The third kappa shape index (κ3) is 2.26. The molecule has 2 radical (unpaired) electrons. The van der Waals surface area contributed by atoms with Crippen molar-refractivity contribution >= 4 is 45.6 Å². The predicted molar refractivity (Wildman–Crippen MR) is 85.5 cm³/mol. The molecule has 2 heteroatoms. The Morgan fingerprint density at radius 1 is 0.650 bits per heavy atom. The molecule has 0 aliphatic heterocycles. The summed E-state index contributed by atoms with van der Waals surface area (Å²) in [5, 5.41) is 7.35. The molecule has 0 amide bonds. The third-order valence-corrected chi connectivity index (χ3v) is 3.76. The van der Waals surface area contributed by atoms with Crippen LogP contribution in [-0.2, 0) is 0 Å². The second-order valence-corrected chi connectivity index (χ2v) is 4.93. The Hall–Kier alpha value is -0.639. The molecule has 0 N–H and O–H groups in total. The van der Waals surface area contributed by atoms with Crippen molar-refractivity contribution in [1.29, 1.82) is 0 Å². The standard InChI is InChI=1S/C18H11B.K.H/c19-17-7-3-6-12-8-9-15-10-13-4-1-2-5-14(13)11-16(15)18(12)17;;/h1-11H;;/q;+1;-1. The molecule has 0 fully saturated rings. The Kier molecular flexibility index (Phi) is 4.02. The molecule has 20 heavy (non-hydrogen) atoms. The van der Waals surface area contributed by atoms with Gasteiger partial charge in [0.05, 0.1) is 0 Å². The molecule has 0 aliphatic carbocycles. The van der Waals surface area contributed by atoms with E-state index in [-0.39, 0.29) is 52.8 Å². The number of hydrogen-bond acceptors (Lipinski definition) is 0. The van der Waals surface area contributed by atoms with E-state index in [0.717, 1.165) is 10.8 Å². The normalized spacial score (nSPS) is 10.8. The fourth-order valence-corrected chi connectivity index (χ4v) is 2.83. The number of hydrogen-bond donors (Lipinski definition) is 0. The summed E-state index contributed by atoms with van der Waals surface area (Å²) in [7, 11) is 6.17. The van der Waals surface area contributed by atoms with Crippen LogP contribution in [0.15, 0.2) is 66.7 Å². The second kappa shape index (κ2) is 5.63. The fourth-order valence-electron chi connectivity index (χ4n) is 2.83. The van der Waals surface area contributed by atoms with Crippen LogP contribution < -0.4 is 56.8 Å². The molecule has 0 saturated carbocycles. The van der Waals surface area contributed by atoms with E-state index in [2.05, 4.69) is 54.6 Å². The minimum Gasteiger partial charge on any atom is -1.00 e. The summed E-state index contributed by atoms with van der Waals surface area (Å²) in [5.74, 6) is 0. The van der Waals surface area contributed by atoms with Crippen molar-refractivity contribution in [3.05, 3.63) is 66.7 Å². The van der Waals surface area contributed by atoms with Crippen LogP contribution in [0.4, 0.5) is 0 Å². The molecule has 0 heterocycles. The molecule has 0 bridgehead atoms. The van der Waals surface area contributed by atoms with Gasteiger partial charge in [-0.3, -0.25) is 0 Å². The zero-order valence-electron chi connectivity index (χ0n) is 12.4. The molecule has 4 rings (SSSR count). The van der Waals surface area contributed by atoms with Gasteiger partial charge in [0.25, 0.3) is 0 Å². The average Bonchev–Trinajstić information content (AvgIpc) is 2.45. The van der Waals surface area contributed by atoms with Gasteiger partial charge < -0.3 is 1.43 Å². The third-order valence-electron chi connectivity index (χ3n) is 3.76. The largest absolute Gasteiger partial charge is 1.00 e. The van der Waals surface area contributed by atoms with E-state index in [4.69, 9.17) is 7.85 Å². The van der Waals surface area contributed by atoms with Gasteiger partial charge in [-0.2, -0.15) is 0 Å². The molecule has 0 aromatic heterocycles. The first-order valence-corrected chi connectivity index (χ1v) is 6.43. The average molecular weight is 278 g/mol. The van der Waals surface area contributed by atoms with Crippen molar-refractivity contribution in [2.24, 2.45) is 0 Å². The topological polar surface area (TPSA) is 0 Å². The van der Waals surface area contributed by atoms with Gasteiger partial charge in [-0.15, -0.1) is 0 Å². The first kappa shape index (κ1) is 14.3. The van der Waals surface area contributed by atoms with Crippen LogP contribution in [-0.4, -0.2) is 7.85 Å². The first-order chi connectivity index (χ1) is 9.33. The van der Waals surface area contributed by atoms with Gasteiger partial charge in [0.2, 0.25) is 0 Å². The van der Waals surface area contributed by atoms with Crippen molar-refractivity contribution < 1.29 is 52.8 Å². The fraction of sp³-hybridized carbons (Fsp3) is 0. The summed E-state index contributed by atoms with van der Waals surface area (Å²) < 4.78 is 0. The predicted octanol–water partition coefficient (Wildman–Crippen LogP) is 1.06. The molecule has 0 spiro atoms. The van der Waals surface area contributed by atoms with Crippen molar-refractivity contribution in [3.63, 3.8) is 0 Å². The summed E-state index contributed by atoms with van der Waals surface area (Å²) in [4.78, 5) is 0. The Morgan fingerprint density at radius 2 is 1.30 bits per heavy atom. The number of rotatable bonds is 0. The molecule has 0 atom stereocenters. The second-order valence-electron chi connectivity index (χ2n) is 4.93. The zero-order valence-corrected chi connectivity index (χ0v) is 14.6. The SMILES string of the molecule is [B]c1cccc2ccc3cc4ccccc4cc3c12.[H-].[K+]. The monoisotopic (exact) mass is 278 g/mol. The van der Waals surface area contributed by atoms with Crippen LogP contribution >= 0.6 is 0 Å². The molecular formula is C18H12BK. The Morgan fingerprint density at radius 3 is 2.10 bits per heavy atom. The molecule has 0 saturated heterocycles.